The molecular weight excluding hydrogens is 256 g/mol. The Labute approximate surface area is 116 Å². The number of benzene rings is 1. The van der Waals surface area contributed by atoms with Crippen molar-refractivity contribution in [1.29, 1.82) is 0 Å². The summed E-state index contributed by atoms with van der Waals surface area (Å²) in [6.07, 6.45) is 3.70. The molecule has 0 amide bonds. The molecule has 1 aromatic carbocycles. The molecule has 1 fully saturated rings. The smallest absolute Gasteiger partial charge is 0.335 e. The van der Waals surface area contributed by atoms with E-state index in [1.54, 1.807) is 24.4 Å². The monoisotopic (exact) mass is 272 g/mol. The number of carboxylic acid groups (broad SMARTS) is 1. The van der Waals surface area contributed by atoms with Crippen molar-refractivity contribution in [3.05, 3.63) is 36.0 Å². The molecule has 5 heteroatoms. The fourth-order valence-electron chi connectivity index (χ4n) is 2.40. The number of aromatic nitrogens is 1. The Morgan fingerprint density at radius 2 is 2.05 bits per heavy atom. The van der Waals surface area contributed by atoms with E-state index in [0.717, 1.165) is 42.6 Å². The van der Waals surface area contributed by atoms with Crippen LogP contribution >= 0.6 is 0 Å². The van der Waals surface area contributed by atoms with Gasteiger partial charge in [0.05, 0.1) is 5.56 Å². The molecule has 2 aromatic rings. The lowest BCUT2D eigenvalue weighted by molar-refractivity contribution is 0.0697. The molecule has 20 heavy (non-hydrogen) atoms. The van der Waals surface area contributed by atoms with Crippen LogP contribution in [0.15, 0.2) is 30.5 Å². The van der Waals surface area contributed by atoms with Crippen LogP contribution in [0.2, 0.25) is 0 Å². The summed E-state index contributed by atoms with van der Waals surface area (Å²) in [5.41, 5.74) is 0.292. The van der Waals surface area contributed by atoms with Gasteiger partial charge in [0, 0.05) is 30.8 Å². The fourth-order valence-corrected chi connectivity index (χ4v) is 2.40. The van der Waals surface area contributed by atoms with Gasteiger partial charge >= 0.3 is 5.97 Å². The van der Waals surface area contributed by atoms with E-state index in [2.05, 4.69) is 10.3 Å². The maximum absolute atomic E-state index is 11.0. The topological polar surface area (TPSA) is 71.5 Å². The minimum atomic E-state index is -0.914. The van der Waals surface area contributed by atoms with Crippen molar-refractivity contribution < 1.29 is 14.6 Å². The number of carbonyl (C=O) groups is 1. The summed E-state index contributed by atoms with van der Waals surface area (Å²) >= 11 is 0. The van der Waals surface area contributed by atoms with E-state index >= 15 is 0 Å². The highest BCUT2D eigenvalue weighted by Gasteiger charge is 2.14. The molecule has 1 aromatic heterocycles. The standard InChI is InChI=1S/C15H16N2O3/c18-15(19)10-1-2-11-9-16-14(8-12(11)7-10)17-13-3-5-20-6-4-13/h1-2,7-9,13H,3-6H2,(H,16,17)(H,18,19). The minimum Gasteiger partial charge on any atom is -0.478 e. The van der Waals surface area contributed by atoms with E-state index in [1.807, 2.05) is 6.07 Å². The highest BCUT2D eigenvalue weighted by atomic mass is 16.5. The van der Waals surface area contributed by atoms with Crippen LogP contribution in [0.1, 0.15) is 23.2 Å². The summed E-state index contributed by atoms with van der Waals surface area (Å²) in [5.74, 6) is -0.130. The van der Waals surface area contributed by atoms with Gasteiger partial charge in [0.1, 0.15) is 5.82 Å². The largest absolute Gasteiger partial charge is 0.478 e. The summed E-state index contributed by atoms with van der Waals surface area (Å²) in [5, 5.41) is 14.2. The Morgan fingerprint density at radius 1 is 1.25 bits per heavy atom. The van der Waals surface area contributed by atoms with Crippen molar-refractivity contribution >= 4 is 22.6 Å². The normalized spacial score (nSPS) is 16.2. The van der Waals surface area contributed by atoms with Crippen LogP contribution in [0.25, 0.3) is 10.8 Å². The average molecular weight is 272 g/mol. The summed E-state index contributed by atoms with van der Waals surface area (Å²) in [4.78, 5) is 15.4. The third-order valence-corrected chi connectivity index (χ3v) is 3.54. The van der Waals surface area contributed by atoms with Crippen molar-refractivity contribution in [2.75, 3.05) is 18.5 Å². The van der Waals surface area contributed by atoms with Gasteiger partial charge in [-0.25, -0.2) is 9.78 Å². The molecule has 1 saturated heterocycles. The Kier molecular flexibility index (Phi) is 3.52. The fraction of sp³-hybridized carbons (Fsp3) is 0.333. The van der Waals surface area contributed by atoms with E-state index in [0.29, 0.717) is 11.6 Å². The molecule has 0 spiro atoms. The zero-order chi connectivity index (χ0) is 13.9. The van der Waals surface area contributed by atoms with Gasteiger partial charge < -0.3 is 15.2 Å². The van der Waals surface area contributed by atoms with Gasteiger partial charge in [-0.3, -0.25) is 0 Å². The highest BCUT2D eigenvalue weighted by molar-refractivity contribution is 5.94. The van der Waals surface area contributed by atoms with Crippen molar-refractivity contribution in [2.24, 2.45) is 0 Å². The predicted molar refractivity (Wildman–Crippen MR) is 76.2 cm³/mol. The zero-order valence-corrected chi connectivity index (χ0v) is 11.0. The van der Waals surface area contributed by atoms with Gasteiger partial charge in [-0.15, -0.1) is 0 Å². The number of nitrogens with one attached hydrogen (secondary N) is 1. The molecule has 2 N–H and O–H groups in total. The van der Waals surface area contributed by atoms with Gasteiger partial charge in [0.2, 0.25) is 0 Å². The molecule has 0 saturated carbocycles. The predicted octanol–water partition coefficient (Wildman–Crippen LogP) is 2.52. The van der Waals surface area contributed by atoms with Crippen molar-refractivity contribution in [1.82, 2.24) is 4.98 Å². The first-order valence-electron chi connectivity index (χ1n) is 6.70. The van der Waals surface area contributed by atoms with E-state index in [1.165, 1.54) is 0 Å². The summed E-state index contributed by atoms with van der Waals surface area (Å²) in [6, 6.07) is 7.32. The molecule has 3 rings (SSSR count). The number of hydrogen-bond donors (Lipinski definition) is 2. The highest BCUT2D eigenvalue weighted by Crippen LogP contribution is 2.20. The molecule has 1 aliphatic heterocycles. The second kappa shape index (κ2) is 5.46. The van der Waals surface area contributed by atoms with Crippen molar-refractivity contribution in [2.45, 2.75) is 18.9 Å². The third kappa shape index (κ3) is 2.72. The third-order valence-electron chi connectivity index (χ3n) is 3.54. The lowest BCUT2D eigenvalue weighted by Gasteiger charge is -2.23. The quantitative estimate of drug-likeness (QED) is 0.898. The Morgan fingerprint density at radius 3 is 2.80 bits per heavy atom. The second-order valence-electron chi connectivity index (χ2n) is 4.97. The molecule has 0 radical (unpaired) electrons. The van der Waals surface area contributed by atoms with E-state index < -0.39 is 5.97 Å². The SMILES string of the molecule is O=C(O)c1ccc2cnc(NC3CCOCC3)cc2c1. The summed E-state index contributed by atoms with van der Waals surface area (Å²) < 4.78 is 5.32. The molecular formula is C15H16N2O3. The van der Waals surface area contributed by atoms with Crippen LogP contribution in [0.4, 0.5) is 5.82 Å². The molecule has 0 aliphatic carbocycles. The number of carboxylic acids is 1. The lowest BCUT2D eigenvalue weighted by atomic mass is 10.1. The van der Waals surface area contributed by atoms with Crippen molar-refractivity contribution in [3.63, 3.8) is 0 Å². The van der Waals surface area contributed by atoms with Crippen LogP contribution in [0.5, 0.6) is 0 Å². The molecule has 5 nitrogen and oxygen atoms in total. The van der Waals surface area contributed by atoms with Crippen LogP contribution in [-0.2, 0) is 4.74 Å². The first kappa shape index (κ1) is 12.9. The number of pyridine rings is 1. The lowest BCUT2D eigenvalue weighted by Crippen LogP contribution is -2.28. The maximum Gasteiger partial charge on any atom is 0.335 e. The molecule has 0 unspecified atom stereocenters. The van der Waals surface area contributed by atoms with Gasteiger partial charge in [-0.05, 0) is 36.4 Å². The number of fused-ring (bicyclic) bond motifs is 1. The zero-order valence-electron chi connectivity index (χ0n) is 11.0. The van der Waals surface area contributed by atoms with Gasteiger partial charge in [-0.2, -0.15) is 0 Å². The van der Waals surface area contributed by atoms with E-state index in [-0.39, 0.29) is 0 Å². The number of nitrogens with zero attached hydrogens (tertiary/aromatic N) is 1. The van der Waals surface area contributed by atoms with Gasteiger partial charge in [0.15, 0.2) is 0 Å². The van der Waals surface area contributed by atoms with Crippen LogP contribution in [0, 0.1) is 0 Å². The van der Waals surface area contributed by atoms with Crippen LogP contribution in [-0.4, -0.2) is 35.3 Å². The van der Waals surface area contributed by atoms with E-state index in [9.17, 15) is 4.79 Å². The van der Waals surface area contributed by atoms with Gasteiger partial charge in [-0.1, -0.05) is 6.07 Å². The Bertz CT molecular complexity index is 636. The molecule has 0 atom stereocenters. The summed E-state index contributed by atoms with van der Waals surface area (Å²) in [6.45, 7) is 1.54. The Hall–Kier alpha value is -2.14. The number of aromatic carboxylic acids is 1. The van der Waals surface area contributed by atoms with E-state index in [4.69, 9.17) is 9.84 Å². The molecule has 104 valence electrons. The average Bonchev–Trinajstić information content (AvgIpc) is 2.47. The Balaban J connectivity index is 1.86. The maximum atomic E-state index is 11.0. The molecule has 1 aliphatic rings. The van der Waals surface area contributed by atoms with Crippen LogP contribution in [0.3, 0.4) is 0 Å². The number of anilines is 1. The minimum absolute atomic E-state index is 0.292. The molecule has 0 bridgehead atoms. The van der Waals surface area contributed by atoms with Crippen LogP contribution < -0.4 is 5.32 Å². The first-order valence-corrected chi connectivity index (χ1v) is 6.70. The number of ether oxygens (including phenoxy) is 1. The summed E-state index contributed by atoms with van der Waals surface area (Å²) in [7, 11) is 0. The second-order valence-corrected chi connectivity index (χ2v) is 4.97. The molecule has 2 heterocycles. The van der Waals surface area contributed by atoms with Gasteiger partial charge in [0.25, 0.3) is 0 Å². The first-order chi connectivity index (χ1) is 9.72. The number of hydrogen-bond acceptors (Lipinski definition) is 4. The number of rotatable bonds is 3. The van der Waals surface area contributed by atoms with Crippen molar-refractivity contribution in [3.8, 4) is 0 Å².